The molecule has 0 fully saturated rings. The number of hydrogen-bond acceptors (Lipinski definition) is 2. The van der Waals surface area contributed by atoms with Crippen LogP contribution in [0.15, 0.2) is 18.2 Å². The van der Waals surface area contributed by atoms with Crippen LogP contribution in [-0.2, 0) is 0 Å². The summed E-state index contributed by atoms with van der Waals surface area (Å²) in [5, 5.41) is 17.7. The van der Waals surface area contributed by atoms with E-state index in [1.54, 1.807) is 12.1 Å². The van der Waals surface area contributed by atoms with Gasteiger partial charge in [0.15, 0.2) is 6.10 Å². The molecule has 12 heavy (non-hydrogen) atoms. The maximum Gasteiger partial charge on any atom is 0.166 e. The molecule has 0 saturated carbocycles. The first-order chi connectivity index (χ1) is 5.65. The Kier molecular flexibility index (Phi) is 2.47. The summed E-state index contributed by atoms with van der Waals surface area (Å²) >= 11 is 0. The highest BCUT2D eigenvalue weighted by Crippen LogP contribution is 2.17. The van der Waals surface area contributed by atoms with Gasteiger partial charge < -0.3 is 5.11 Å². The third-order valence-corrected chi connectivity index (χ3v) is 1.84. The molecule has 1 N–H and O–H groups in total. The van der Waals surface area contributed by atoms with Crippen LogP contribution in [-0.4, -0.2) is 5.11 Å². The number of nitrogens with zero attached hydrogens (tertiary/aromatic N) is 1. The average molecular weight is 161 g/mol. The maximum absolute atomic E-state index is 9.24. The van der Waals surface area contributed by atoms with Gasteiger partial charge in [0.1, 0.15) is 0 Å². The minimum atomic E-state index is -0.995. The second-order valence-corrected chi connectivity index (χ2v) is 2.89. The van der Waals surface area contributed by atoms with E-state index in [-0.39, 0.29) is 0 Å². The summed E-state index contributed by atoms with van der Waals surface area (Å²) in [6, 6.07) is 7.43. The second kappa shape index (κ2) is 3.38. The Balaban J connectivity index is 3.11. The zero-order valence-corrected chi connectivity index (χ0v) is 7.20. The molecule has 2 nitrogen and oxygen atoms in total. The lowest BCUT2D eigenvalue weighted by Crippen LogP contribution is -1.96. The van der Waals surface area contributed by atoms with Gasteiger partial charge in [-0.3, -0.25) is 0 Å². The van der Waals surface area contributed by atoms with Gasteiger partial charge in [-0.25, -0.2) is 0 Å². The lowest BCUT2D eigenvalue weighted by atomic mass is 10.0. The zero-order chi connectivity index (χ0) is 9.14. The molecule has 0 radical (unpaired) electrons. The molecule has 1 rings (SSSR count). The van der Waals surface area contributed by atoms with Crippen molar-refractivity contribution < 1.29 is 5.11 Å². The van der Waals surface area contributed by atoms with Crippen molar-refractivity contribution in [1.29, 1.82) is 5.26 Å². The summed E-state index contributed by atoms with van der Waals surface area (Å²) in [7, 11) is 0. The summed E-state index contributed by atoms with van der Waals surface area (Å²) in [6.45, 7) is 3.87. The van der Waals surface area contributed by atoms with E-state index in [9.17, 15) is 5.11 Å². The van der Waals surface area contributed by atoms with Crippen LogP contribution in [0.1, 0.15) is 22.8 Å². The minimum Gasteiger partial charge on any atom is -0.374 e. The van der Waals surface area contributed by atoms with E-state index in [1.807, 2.05) is 26.0 Å². The van der Waals surface area contributed by atoms with Gasteiger partial charge in [0, 0.05) is 0 Å². The normalized spacial score (nSPS) is 12.2. The van der Waals surface area contributed by atoms with Crippen LogP contribution in [0, 0.1) is 25.2 Å². The van der Waals surface area contributed by atoms with Crippen LogP contribution in [0.25, 0.3) is 0 Å². The van der Waals surface area contributed by atoms with E-state index in [0.29, 0.717) is 5.56 Å². The van der Waals surface area contributed by atoms with Crippen molar-refractivity contribution in [1.82, 2.24) is 0 Å². The van der Waals surface area contributed by atoms with Crippen molar-refractivity contribution in [3.63, 3.8) is 0 Å². The highest BCUT2D eigenvalue weighted by molar-refractivity contribution is 5.34. The average Bonchev–Trinajstić information content (AvgIpc) is 2.03. The molecule has 0 aliphatic heterocycles. The molecule has 0 unspecified atom stereocenters. The molecule has 1 aromatic carbocycles. The van der Waals surface area contributed by atoms with E-state index in [1.165, 1.54) is 0 Å². The predicted octanol–water partition coefficient (Wildman–Crippen LogP) is 1.86. The highest BCUT2D eigenvalue weighted by Gasteiger charge is 2.07. The number of aliphatic hydroxyl groups is 1. The summed E-state index contributed by atoms with van der Waals surface area (Å²) in [6.07, 6.45) is -0.995. The molecule has 2 heteroatoms. The highest BCUT2D eigenvalue weighted by atomic mass is 16.3. The molecule has 0 heterocycles. The standard InChI is InChI=1S/C10H11NO/c1-7-3-4-9(8(2)5-7)10(12)6-11/h3-5,10,12H,1-2H3/t10-/m1/s1. The van der Waals surface area contributed by atoms with Gasteiger partial charge >= 0.3 is 0 Å². The van der Waals surface area contributed by atoms with Gasteiger partial charge in [0.25, 0.3) is 0 Å². The predicted molar refractivity (Wildman–Crippen MR) is 46.5 cm³/mol. The van der Waals surface area contributed by atoms with Crippen molar-refractivity contribution in [2.45, 2.75) is 20.0 Å². The van der Waals surface area contributed by atoms with Crippen LogP contribution < -0.4 is 0 Å². The van der Waals surface area contributed by atoms with Crippen molar-refractivity contribution in [2.75, 3.05) is 0 Å². The molecule has 62 valence electrons. The Labute approximate surface area is 72.1 Å². The first-order valence-electron chi connectivity index (χ1n) is 3.80. The van der Waals surface area contributed by atoms with E-state index in [0.717, 1.165) is 11.1 Å². The van der Waals surface area contributed by atoms with Gasteiger partial charge in [-0.15, -0.1) is 0 Å². The van der Waals surface area contributed by atoms with Crippen LogP contribution in [0.2, 0.25) is 0 Å². The van der Waals surface area contributed by atoms with Crippen molar-refractivity contribution in [2.24, 2.45) is 0 Å². The molecular formula is C10H11NO. The van der Waals surface area contributed by atoms with Crippen LogP contribution in [0.4, 0.5) is 0 Å². The first-order valence-corrected chi connectivity index (χ1v) is 3.80. The largest absolute Gasteiger partial charge is 0.374 e. The molecule has 0 aliphatic rings. The lowest BCUT2D eigenvalue weighted by molar-refractivity contribution is 0.235. The molecule has 1 aromatic rings. The molecule has 0 aliphatic carbocycles. The minimum absolute atomic E-state index is 0.697. The number of rotatable bonds is 1. The Morgan fingerprint density at radius 2 is 2.08 bits per heavy atom. The molecule has 0 saturated heterocycles. The second-order valence-electron chi connectivity index (χ2n) is 2.89. The molecule has 0 bridgehead atoms. The zero-order valence-electron chi connectivity index (χ0n) is 7.20. The lowest BCUT2D eigenvalue weighted by Gasteiger charge is -2.06. The smallest absolute Gasteiger partial charge is 0.166 e. The fourth-order valence-corrected chi connectivity index (χ4v) is 1.20. The van der Waals surface area contributed by atoms with E-state index < -0.39 is 6.10 Å². The van der Waals surface area contributed by atoms with Gasteiger partial charge in [0.2, 0.25) is 0 Å². The van der Waals surface area contributed by atoms with Gasteiger partial charge in [0.05, 0.1) is 6.07 Å². The Morgan fingerprint density at radius 1 is 1.42 bits per heavy atom. The number of aliphatic hydroxyl groups excluding tert-OH is 1. The van der Waals surface area contributed by atoms with Crippen molar-refractivity contribution in [3.8, 4) is 6.07 Å². The maximum atomic E-state index is 9.24. The summed E-state index contributed by atoms with van der Waals surface area (Å²) < 4.78 is 0. The third kappa shape index (κ3) is 1.63. The summed E-state index contributed by atoms with van der Waals surface area (Å²) in [4.78, 5) is 0. The number of hydrogen-bond donors (Lipinski definition) is 1. The Morgan fingerprint density at radius 3 is 2.58 bits per heavy atom. The molecule has 0 spiro atoms. The van der Waals surface area contributed by atoms with Gasteiger partial charge in [-0.1, -0.05) is 23.8 Å². The topological polar surface area (TPSA) is 44.0 Å². The van der Waals surface area contributed by atoms with Gasteiger partial charge in [-0.2, -0.15) is 5.26 Å². The summed E-state index contributed by atoms with van der Waals surface area (Å²) in [5.74, 6) is 0. The Bertz CT molecular complexity index is 325. The van der Waals surface area contributed by atoms with Gasteiger partial charge in [-0.05, 0) is 25.0 Å². The van der Waals surface area contributed by atoms with E-state index in [4.69, 9.17) is 5.26 Å². The van der Waals surface area contributed by atoms with Crippen LogP contribution >= 0.6 is 0 Å². The SMILES string of the molecule is Cc1ccc([C@H](O)C#N)c(C)c1. The van der Waals surface area contributed by atoms with Crippen molar-refractivity contribution in [3.05, 3.63) is 34.9 Å². The fraction of sp³-hybridized carbons (Fsp3) is 0.300. The number of benzene rings is 1. The molecule has 0 aromatic heterocycles. The quantitative estimate of drug-likeness (QED) is 0.639. The number of aryl methyl sites for hydroxylation is 2. The van der Waals surface area contributed by atoms with E-state index in [2.05, 4.69) is 0 Å². The van der Waals surface area contributed by atoms with E-state index >= 15 is 0 Å². The Hall–Kier alpha value is -1.33. The third-order valence-electron chi connectivity index (χ3n) is 1.84. The van der Waals surface area contributed by atoms with Crippen molar-refractivity contribution >= 4 is 0 Å². The van der Waals surface area contributed by atoms with Crippen LogP contribution in [0.3, 0.4) is 0 Å². The number of nitriles is 1. The monoisotopic (exact) mass is 161 g/mol. The molecule has 1 atom stereocenters. The first kappa shape index (κ1) is 8.76. The fourth-order valence-electron chi connectivity index (χ4n) is 1.20. The molecular weight excluding hydrogens is 150 g/mol. The summed E-state index contributed by atoms with van der Waals surface area (Å²) in [5.41, 5.74) is 2.80. The molecule has 0 amide bonds. The van der Waals surface area contributed by atoms with Crippen LogP contribution in [0.5, 0.6) is 0 Å².